The first-order chi connectivity index (χ1) is 4.40. The number of fused-ring (bicyclic) bond motifs is 2. The summed E-state index contributed by atoms with van der Waals surface area (Å²) in [6, 6.07) is 0. The van der Waals surface area contributed by atoms with E-state index in [0.717, 1.165) is 12.7 Å². The van der Waals surface area contributed by atoms with Crippen molar-refractivity contribution in [1.82, 2.24) is 0 Å². The quantitative estimate of drug-likeness (QED) is 0.376. The molecule has 0 N–H and O–H groups in total. The van der Waals surface area contributed by atoms with E-state index in [4.69, 9.17) is 4.74 Å². The Labute approximate surface area is 53.5 Å². The summed E-state index contributed by atoms with van der Waals surface area (Å²) < 4.78 is 5.33. The van der Waals surface area contributed by atoms with Crippen molar-refractivity contribution in [1.29, 1.82) is 0 Å². The summed E-state index contributed by atoms with van der Waals surface area (Å²) in [5.41, 5.74) is 0. The minimum atomic E-state index is 0.104. The van der Waals surface area contributed by atoms with Crippen LogP contribution in [0.25, 0.3) is 0 Å². The number of hydrogen-bond acceptors (Lipinski definition) is 2. The van der Waals surface area contributed by atoms with Crippen LogP contribution in [-0.2, 0) is 9.53 Å². The van der Waals surface area contributed by atoms with Crippen molar-refractivity contribution < 1.29 is 9.53 Å². The maximum atomic E-state index is 10.3. The van der Waals surface area contributed by atoms with Gasteiger partial charge in [0, 0.05) is 5.92 Å². The Bertz CT molecular complexity index is 162. The maximum absolute atomic E-state index is 10.3. The average molecular weight is 124 g/mol. The highest BCUT2D eigenvalue weighted by molar-refractivity contribution is 5.57. The summed E-state index contributed by atoms with van der Waals surface area (Å²) in [5, 5.41) is 0. The van der Waals surface area contributed by atoms with Crippen molar-refractivity contribution >= 4 is 6.29 Å². The lowest BCUT2D eigenvalue weighted by Gasteiger charge is -2.04. The first-order valence-corrected chi connectivity index (χ1v) is 3.19. The van der Waals surface area contributed by atoms with Crippen molar-refractivity contribution in [2.45, 2.75) is 18.6 Å². The molecule has 9 heavy (non-hydrogen) atoms. The number of rotatable bonds is 1. The van der Waals surface area contributed by atoms with Crippen LogP contribution in [0.1, 0.15) is 6.42 Å². The van der Waals surface area contributed by atoms with Crippen LogP contribution < -0.4 is 0 Å². The van der Waals surface area contributed by atoms with E-state index in [1.807, 2.05) is 12.2 Å². The predicted octanol–water partition coefficient (Wildman–Crippen LogP) is 0.529. The fourth-order valence-corrected chi connectivity index (χ4v) is 1.44. The van der Waals surface area contributed by atoms with Crippen LogP contribution in [0.2, 0.25) is 0 Å². The Morgan fingerprint density at radius 2 is 2.44 bits per heavy atom. The number of aldehydes is 1. The maximum Gasteiger partial charge on any atom is 0.126 e. The highest BCUT2D eigenvalue weighted by Gasteiger charge is 2.36. The van der Waals surface area contributed by atoms with E-state index in [2.05, 4.69) is 0 Å². The van der Waals surface area contributed by atoms with E-state index in [0.29, 0.717) is 0 Å². The largest absolute Gasteiger partial charge is 0.366 e. The summed E-state index contributed by atoms with van der Waals surface area (Å²) in [6.07, 6.45) is 6.24. The predicted molar refractivity (Wildman–Crippen MR) is 32.0 cm³/mol. The Balaban J connectivity index is 2.19. The van der Waals surface area contributed by atoms with Gasteiger partial charge >= 0.3 is 0 Å². The normalized spacial score (nSPS) is 46.0. The monoisotopic (exact) mass is 124 g/mol. The lowest BCUT2D eigenvalue weighted by molar-refractivity contribution is -0.111. The molecule has 1 saturated heterocycles. The molecule has 2 nitrogen and oxygen atoms in total. The summed E-state index contributed by atoms with van der Waals surface area (Å²) in [4.78, 5) is 10.3. The molecule has 2 heterocycles. The molecule has 3 atom stereocenters. The molecule has 2 bridgehead atoms. The summed E-state index contributed by atoms with van der Waals surface area (Å²) in [6.45, 7) is 0. The molecule has 2 aliphatic heterocycles. The molecule has 0 aliphatic carbocycles. The molecule has 0 radical (unpaired) electrons. The van der Waals surface area contributed by atoms with E-state index in [9.17, 15) is 4.79 Å². The molecule has 0 spiro atoms. The molecule has 0 aromatic heterocycles. The van der Waals surface area contributed by atoms with Gasteiger partial charge < -0.3 is 9.53 Å². The van der Waals surface area contributed by atoms with Gasteiger partial charge in [0.1, 0.15) is 6.29 Å². The summed E-state index contributed by atoms with van der Waals surface area (Å²) in [7, 11) is 0. The lowest BCUT2D eigenvalue weighted by atomic mass is 9.96. The molecule has 1 fully saturated rings. The first kappa shape index (κ1) is 5.18. The summed E-state index contributed by atoms with van der Waals surface area (Å²) >= 11 is 0. The van der Waals surface area contributed by atoms with Crippen LogP contribution in [0.15, 0.2) is 12.2 Å². The molecule has 0 aromatic carbocycles. The third kappa shape index (κ3) is 0.630. The van der Waals surface area contributed by atoms with Crippen molar-refractivity contribution in [3.05, 3.63) is 12.2 Å². The molecule has 2 aliphatic rings. The van der Waals surface area contributed by atoms with Crippen LogP contribution >= 0.6 is 0 Å². The minimum absolute atomic E-state index is 0.104. The Kier molecular flexibility index (Phi) is 0.963. The molecule has 0 saturated carbocycles. The first-order valence-electron chi connectivity index (χ1n) is 3.19. The fraction of sp³-hybridized carbons (Fsp3) is 0.571. The Morgan fingerprint density at radius 1 is 1.56 bits per heavy atom. The number of hydrogen-bond donors (Lipinski definition) is 0. The zero-order valence-corrected chi connectivity index (χ0v) is 4.99. The minimum Gasteiger partial charge on any atom is -0.366 e. The fourth-order valence-electron chi connectivity index (χ4n) is 1.44. The number of carbonyl (C=O) groups excluding carboxylic acids is 1. The molecular formula is C7H8O2. The molecule has 1 unspecified atom stereocenters. The SMILES string of the molecule is O=CC1C[C@H]2C=C[C@@H]1O2. The molecule has 2 heteroatoms. The molecule has 48 valence electrons. The van der Waals surface area contributed by atoms with Crippen molar-refractivity contribution in [3.63, 3.8) is 0 Å². The van der Waals surface area contributed by atoms with Gasteiger partial charge in [-0.05, 0) is 6.42 Å². The van der Waals surface area contributed by atoms with Gasteiger partial charge in [0.2, 0.25) is 0 Å². The van der Waals surface area contributed by atoms with Crippen LogP contribution in [0.5, 0.6) is 0 Å². The zero-order valence-electron chi connectivity index (χ0n) is 4.99. The molecular weight excluding hydrogens is 116 g/mol. The lowest BCUT2D eigenvalue weighted by Crippen LogP contribution is -2.13. The highest BCUT2D eigenvalue weighted by atomic mass is 16.5. The standard InChI is InChI=1S/C7H8O2/c8-4-5-3-6-1-2-7(5)9-6/h1-2,4-7H,3H2/t5?,6-,7+/m1/s1. The van der Waals surface area contributed by atoms with Crippen LogP contribution in [0.4, 0.5) is 0 Å². The van der Waals surface area contributed by atoms with Gasteiger partial charge in [-0.25, -0.2) is 0 Å². The Morgan fingerprint density at radius 3 is 2.78 bits per heavy atom. The van der Waals surface area contributed by atoms with Gasteiger partial charge in [0.15, 0.2) is 0 Å². The van der Waals surface area contributed by atoms with Gasteiger partial charge in [-0.15, -0.1) is 0 Å². The summed E-state index contributed by atoms with van der Waals surface area (Å²) in [5.74, 6) is 0.139. The Hall–Kier alpha value is -0.630. The number of ether oxygens (including phenoxy) is 1. The van der Waals surface area contributed by atoms with Gasteiger partial charge in [-0.3, -0.25) is 0 Å². The number of carbonyl (C=O) groups is 1. The zero-order chi connectivity index (χ0) is 6.27. The van der Waals surface area contributed by atoms with Gasteiger partial charge in [-0.2, -0.15) is 0 Å². The average Bonchev–Trinajstić information content (AvgIpc) is 2.45. The third-order valence-corrected chi connectivity index (χ3v) is 1.95. The van der Waals surface area contributed by atoms with E-state index in [-0.39, 0.29) is 18.1 Å². The molecule has 0 aromatic rings. The van der Waals surface area contributed by atoms with Gasteiger partial charge in [0.05, 0.1) is 12.2 Å². The topological polar surface area (TPSA) is 26.3 Å². The van der Waals surface area contributed by atoms with Crippen molar-refractivity contribution in [3.8, 4) is 0 Å². The van der Waals surface area contributed by atoms with E-state index < -0.39 is 0 Å². The van der Waals surface area contributed by atoms with Crippen LogP contribution in [0.3, 0.4) is 0 Å². The molecule has 2 rings (SSSR count). The second-order valence-electron chi connectivity index (χ2n) is 2.56. The van der Waals surface area contributed by atoms with E-state index >= 15 is 0 Å². The molecule has 0 amide bonds. The van der Waals surface area contributed by atoms with Crippen LogP contribution in [-0.4, -0.2) is 18.5 Å². The second-order valence-corrected chi connectivity index (χ2v) is 2.56. The van der Waals surface area contributed by atoms with Crippen molar-refractivity contribution in [2.75, 3.05) is 0 Å². The third-order valence-electron chi connectivity index (χ3n) is 1.95. The van der Waals surface area contributed by atoms with E-state index in [1.54, 1.807) is 0 Å². The van der Waals surface area contributed by atoms with Crippen molar-refractivity contribution in [2.24, 2.45) is 5.92 Å². The van der Waals surface area contributed by atoms with E-state index in [1.165, 1.54) is 0 Å². The van der Waals surface area contributed by atoms with Gasteiger partial charge in [-0.1, -0.05) is 12.2 Å². The highest BCUT2D eigenvalue weighted by Crippen LogP contribution is 2.31. The van der Waals surface area contributed by atoms with Gasteiger partial charge in [0.25, 0.3) is 0 Å². The second kappa shape index (κ2) is 1.67. The van der Waals surface area contributed by atoms with Crippen LogP contribution in [0, 0.1) is 5.92 Å². The smallest absolute Gasteiger partial charge is 0.126 e.